The van der Waals surface area contributed by atoms with Crippen molar-refractivity contribution in [2.45, 2.75) is 15.2 Å². The number of hydrogen-bond donors (Lipinski definition) is 0. The van der Waals surface area contributed by atoms with Crippen molar-refractivity contribution >= 4 is 55.4 Å². The van der Waals surface area contributed by atoms with Gasteiger partial charge in [-0.1, -0.05) is 66.4 Å². The van der Waals surface area contributed by atoms with Crippen LogP contribution in [-0.2, 0) is 5.41 Å². The quantitative estimate of drug-likeness (QED) is 0.174. The molecule has 1 aliphatic carbocycles. The lowest BCUT2D eigenvalue weighted by Gasteiger charge is -2.39. The Morgan fingerprint density at radius 1 is 0.431 bits per heavy atom. The normalized spacial score (nSPS) is 13.2. The predicted octanol–water partition coefficient (Wildman–Crippen LogP) is 11.1. The van der Waals surface area contributed by atoms with E-state index in [-0.39, 0.29) is 0 Å². The van der Waals surface area contributed by atoms with Crippen LogP contribution in [0.4, 0.5) is 0 Å². The first-order chi connectivity index (χ1) is 28.6. The number of benzene rings is 6. The zero-order chi connectivity index (χ0) is 38.7. The third-order valence-corrected chi connectivity index (χ3v) is 13.1. The fourth-order valence-electron chi connectivity index (χ4n) is 9.58. The highest BCUT2D eigenvalue weighted by molar-refractivity contribution is 7.99. The summed E-state index contributed by atoms with van der Waals surface area (Å²) < 4.78 is 4.45. The molecule has 0 fully saturated rings. The minimum absolute atomic E-state index is 0.555. The highest BCUT2D eigenvalue weighted by Gasteiger charge is 2.52. The first-order valence-electron chi connectivity index (χ1n) is 18.8. The van der Waals surface area contributed by atoms with Crippen molar-refractivity contribution in [1.29, 1.82) is 15.8 Å². The highest BCUT2D eigenvalue weighted by atomic mass is 32.2. The van der Waals surface area contributed by atoms with Gasteiger partial charge in [0.15, 0.2) is 0 Å². The summed E-state index contributed by atoms with van der Waals surface area (Å²) >= 11 is 1.78. The van der Waals surface area contributed by atoms with Gasteiger partial charge in [0.25, 0.3) is 0 Å². The molecule has 0 atom stereocenters. The zero-order valence-electron chi connectivity index (χ0n) is 30.5. The summed E-state index contributed by atoms with van der Waals surface area (Å²) in [6, 6.07) is 54.5. The Hall–Kier alpha value is -7.96. The Morgan fingerprint density at radius 2 is 0.845 bits per heavy atom. The van der Waals surface area contributed by atoms with Gasteiger partial charge in [-0.25, -0.2) is 0 Å². The molecule has 0 radical (unpaired) electrons. The molecule has 4 aromatic heterocycles. The molecule has 12 rings (SSSR count). The lowest BCUT2D eigenvalue weighted by atomic mass is 9.67. The topological polar surface area (TPSA) is 107 Å². The van der Waals surface area contributed by atoms with Crippen LogP contribution in [0.2, 0.25) is 0 Å². The summed E-state index contributed by atoms with van der Waals surface area (Å²) in [5.41, 5.74) is 12.7. The second-order valence-corrected chi connectivity index (χ2v) is 15.8. The van der Waals surface area contributed by atoms with Crippen molar-refractivity contribution in [3.63, 3.8) is 0 Å². The van der Waals surface area contributed by atoms with Crippen molar-refractivity contribution < 1.29 is 0 Å². The maximum absolute atomic E-state index is 9.85. The first-order valence-corrected chi connectivity index (χ1v) is 19.6. The number of hydrogen-bond acceptors (Lipinski definition) is 6. The molecule has 0 N–H and O–H groups in total. The zero-order valence-corrected chi connectivity index (χ0v) is 31.3. The van der Waals surface area contributed by atoms with Crippen molar-refractivity contribution in [2.24, 2.45) is 0 Å². The van der Waals surface area contributed by atoms with Gasteiger partial charge in [0.1, 0.15) is 0 Å². The number of aromatic nitrogens is 4. The van der Waals surface area contributed by atoms with Crippen LogP contribution in [0.15, 0.2) is 162 Å². The number of nitriles is 3. The Morgan fingerprint density at radius 3 is 1.33 bits per heavy atom. The number of para-hydroxylation sites is 1. The van der Waals surface area contributed by atoms with Gasteiger partial charge < -0.3 is 9.13 Å². The minimum atomic E-state index is -0.775. The molecule has 58 heavy (non-hydrogen) atoms. The summed E-state index contributed by atoms with van der Waals surface area (Å²) in [6.45, 7) is 0. The molecule has 2 aliphatic rings. The van der Waals surface area contributed by atoms with Gasteiger partial charge in [-0.2, -0.15) is 15.8 Å². The highest BCUT2D eigenvalue weighted by Crippen LogP contribution is 2.62. The van der Waals surface area contributed by atoms with Crippen LogP contribution >= 0.6 is 11.8 Å². The average molecular weight is 756 g/mol. The largest absolute Gasteiger partial charge is 0.308 e. The van der Waals surface area contributed by atoms with E-state index < -0.39 is 5.41 Å². The number of fused-ring (bicyclic) bond motifs is 15. The van der Waals surface area contributed by atoms with Crippen molar-refractivity contribution in [1.82, 2.24) is 19.1 Å². The SMILES string of the molecule is N#Cc1ccc2c(c1)c1ccccc1n2-c1cnc2c(c1)C1(c3ccccc3Sc3ccccc31)c1cc(-n3c4ccc(C#N)cc4c4cc(C#N)ccc43)cnc1-2. The lowest BCUT2D eigenvalue weighted by molar-refractivity contribution is 0.718. The van der Waals surface area contributed by atoms with Gasteiger partial charge in [-0.05, 0) is 96.1 Å². The first kappa shape index (κ1) is 32.3. The van der Waals surface area contributed by atoms with E-state index in [1.54, 1.807) is 11.8 Å². The average Bonchev–Trinajstić information content (AvgIpc) is 3.89. The monoisotopic (exact) mass is 755 g/mol. The van der Waals surface area contributed by atoms with Crippen molar-refractivity contribution in [2.75, 3.05) is 0 Å². The van der Waals surface area contributed by atoms with E-state index in [0.717, 1.165) is 88.6 Å². The molecule has 0 unspecified atom stereocenters. The molecular formula is C50H25N7S. The number of rotatable bonds is 2. The van der Waals surface area contributed by atoms with Crippen LogP contribution in [0.1, 0.15) is 38.9 Å². The van der Waals surface area contributed by atoms with Crippen LogP contribution in [-0.4, -0.2) is 19.1 Å². The molecule has 7 nitrogen and oxygen atoms in total. The summed E-state index contributed by atoms with van der Waals surface area (Å²) in [5, 5.41) is 33.4. The van der Waals surface area contributed by atoms with Gasteiger partial charge in [-0.3, -0.25) is 9.97 Å². The second-order valence-electron chi connectivity index (χ2n) is 14.7. The van der Waals surface area contributed by atoms with E-state index in [9.17, 15) is 15.8 Å². The molecule has 1 spiro atoms. The molecular weight excluding hydrogens is 731 g/mol. The summed E-state index contributed by atoms with van der Waals surface area (Å²) in [6.07, 6.45) is 3.87. The molecule has 0 saturated heterocycles. The maximum Gasteiger partial charge on any atom is 0.0991 e. The van der Waals surface area contributed by atoms with E-state index in [1.165, 1.54) is 9.79 Å². The summed E-state index contributed by atoms with van der Waals surface area (Å²) in [7, 11) is 0. The van der Waals surface area contributed by atoms with Crippen LogP contribution < -0.4 is 0 Å². The molecule has 0 amide bonds. The third-order valence-electron chi connectivity index (χ3n) is 11.9. The second kappa shape index (κ2) is 11.8. The predicted molar refractivity (Wildman–Crippen MR) is 226 cm³/mol. The van der Waals surface area contributed by atoms with E-state index in [4.69, 9.17) is 9.97 Å². The van der Waals surface area contributed by atoms with Gasteiger partial charge in [0.05, 0.1) is 97.5 Å². The van der Waals surface area contributed by atoms with E-state index in [1.807, 2.05) is 79.1 Å². The minimum Gasteiger partial charge on any atom is -0.308 e. The van der Waals surface area contributed by atoms with Crippen LogP contribution in [0.3, 0.4) is 0 Å². The number of pyridine rings is 2. The Labute approximate surface area is 335 Å². The fourth-order valence-corrected chi connectivity index (χ4v) is 10.8. The summed E-state index contributed by atoms with van der Waals surface area (Å²) in [4.78, 5) is 13.0. The van der Waals surface area contributed by atoms with Crippen molar-refractivity contribution in [3.8, 4) is 41.0 Å². The molecule has 8 heteroatoms. The van der Waals surface area contributed by atoms with Gasteiger partial charge in [-0.15, -0.1) is 0 Å². The van der Waals surface area contributed by atoms with E-state index in [2.05, 4.69) is 100 Å². The van der Waals surface area contributed by atoms with Gasteiger partial charge in [0.2, 0.25) is 0 Å². The molecule has 266 valence electrons. The van der Waals surface area contributed by atoms with Crippen LogP contribution in [0, 0.1) is 34.0 Å². The molecule has 10 aromatic rings. The Kier molecular flexibility index (Phi) is 6.56. The van der Waals surface area contributed by atoms with Gasteiger partial charge in [0, 0.05) is 42.5 Å². The summed E-state index contributed by atoms with van der Waals surface area (Å²) in [5.74, 6) is 0. The molecule has 0 bridgehead atoms. The Bertz CT molecular complexity index is 3490. The molecule has 1 aliphatic heterocycles. The standard InChI is InChI=1S/C50H25N7S/c51-24-29-13-16-43-35(19-29)34-7-1-4-10-42(34)56(43)32-22-40-48(54-27-32)49-41(50(40)38-8-2-5-11-46(38)58-47-12-6-3-9-39(47)50)23-33(28-55-49)57-44-17-14-30(25-52)20-36(44)37-21-31(26-53)15-18-45(37)57/h1-23,27-28H. The van der Waals surface area contributed by atoms with Gasteiger partial charge >= 0.3 is 0 Å². The lowest BCUT2D eigenvalue weighted by Crippen LogP contribution is -2.32. The molecule has 6 aromatic carbocycles. The molecule has 0 saturated carbocycles. The van der Waals surface area contributed by atoms with Crippen LogP contribution in [0.25, 0.3) is 66.4 Å². The smallest absolute Gasteiger partial charge is 0.0991 e. The third kappa shape index (κ3) is 4.15. The van der Waals surface area contributed by atoms with Crippen molar-refractivity contribution in [3.05, 3.63) is 191 Å². The van der Waals surface area contributed by atoms with Crippen LogP contribution in [0.5, 0.6) is 0 Å². The molecule has 5 heterocycles. The number of nitrogens with zero attached hydrogens (tertiary/aromatic N) is 7. The maximum atomic E-state index is 9.85. The Balaban J connectivity index is 1.18. The fraction of sp³-hybridized carbons (Fsp3) is 0.0200. The van der Waals surface area contributed by atoms with E-state index in [0.29, 0.717) is 16.7 Å². The van der Waals surface area contributed by atoms with E-state index >= 15 is 0 Å².